The first kappa shape index (κ1) is 21.8. The standard InChI is InChI=1S/C23H29N3O4/c1-7-26-21-18(30-6)11-17(14(3)20(21)24-25-26)19(23(4,5)22(28)29)15-9-8-13(2)16(10-15)12-27/h8-11,19,27H,7,12H2,1-6H3,(H,28,29)/t19-/m1/s1. The molecule has 0 aliphatic carbocycles. The number of ether oxygens (including phenoxy) is 1. The predicted molar refractivity (Wildman–Crippen MR) is 115 cm³/mol. The van der Waals surface area contributed by atoms with Crippen LogP contribution in [0.2, 0.25) is 0 Å². The van der Waals surface area contributed by atoms with Gasteiger partial charge in [0.1, 0.15) is 16.8 Å². The molecule has 7 nitrogen and oxygen atoms in total. The van der Waals surface area contributed by atoms with E-state index in [1.807, 2.05) is 45.0 Å². The first-order valence-corrected chi connectivity index (χ1v) is 10.0. The van der Waals surface area contributed by atoms with E-state index in [0.29, 0.717) is 17.8 Å². The summed E-state index contributed by atoms with van der Waals surface area (Å²) >= 11 is 0. The maximum atomic E-state index is 12.3. The predicted octanol–water partition coefficient (Wildman–Crippen LogP) is 3.81. The summed E-state index contributed by atoms with van der Waals surface area (Å²) in [6.45, 7) is 9.83. The van der Waals surface area contributed by atoms with E-state index in [1.165, 1.54) is 0 Å². The number of aryl methyl sites for hydroxylation is 3. The number of fused-ring (bicyclic) bond motifs is 1. The average Bonchev–Trinajstić information content (AvgIpc) is 3.15. The minimum atomic E-state index is -1.12. The lowest BCUT2D eigenvalue weighted by atomic mass is 9.69. The second-order valence-electron chi connectivity index (χ2n) is 8.20. The lowest BCUT2D eigenvalue weighted by Crippen LogP contribution is -2.32. The molecule has 1 heterocycles. The molecule has 30 heavy (non-hydrogen) atoms. The zero-order valence-electron chi connectivity index (χ0n) is 18.4. The van der Waals surface area contributed by atoms with Crippen LogP contribution >= 0.6 is 0 Å². The average molecular weight is 412 g/mol. The summed E-state index contributed by atoms with van der Waals surface area (Å²) in [7, 11) is 1.59. The molecular weight excluding hydrogens is 382 g/mol. The number of aromatic nitrogens is 3. The highest BCUT2D eigenvalue weighted by Crippen LogP contribution is 2.45. The monoisotopic (exact) mass is 411 g/mol. The number of carbonyl (C=O) groups is 1. The zero-order chi connectivity index (χ0) is 22.2. The summed E-state index contributed by atoms with van der Waals surface area (Å²) in [5.41, 5.74) is 4.64. The third-order valence-electron chi connectivity index (χ3n) is 6.02. The van der Waals surface area contributed by atoms with Crippen molar-refractivity contribution in [3.05, 3.63) is 52.1 Å². The molecule has 0 aliphatic rings. The molecule has 7 heteroatoms. The third-order valence-corrected chi connectivity index (χ3v) is 6.02. The topological polar surface area (TPSA) is 97.5 Å². The quantitative estimate of drug-likeness (QED) is 0.614. The van der Waals surface area contributed by atoms with Crippen LogP contribution in [0.5, 0.6) is 5.75 Å². The van der Waals surface area contributed by atoms with Gasteiger partial charge in [-0.1, -0.05) is 23.4 Å². The van der Waals surface area contributed by atoms with Crippen LogP contribution in [0.1, 0.15) is 54.5 Å². The van der Waals surface area contributed by atoms with Gasteiger partial charge in [0, 0.05) is 12.5 Å². The molecule has 2 N–H and O–H groups in total. The van der Waals surface area contributed by atoms with Gasteiger partial charge >= 0.3 is 5.97 Å². The van der Waals surface area contributed by atoms with Gasteiger partial charge in [-0.15, -0.1) is 5.10 Å². The molecule has 3 aromatic rings. The fraction of sp³-hybridized carbons (Fsp3) is 0.435. The molecule has 2 aromatic carbocycles. The maximum Gasteiger partial charge on any atom is 0.310 e. The number of nitrogens with zero attached hydrogens (tertiary/aromatic N) is 3. The lowest BCUT2D eigenvalue weighted by Gasteiger charge is -2.33. The molecule has 0 fully saturated rings. The molecule has 3 rings (SSSR count). The first-order chi connectivity index (χ1) is 14.2. The normalized spacial score (nSPS) is 12.9. The van der Waals surface area contributed by atoms with Crippen molar-refractivity contribution >= 4 is 17.0 Å². The molecular formula is C23H29N3O4. The van der Waals surface area contributed by atoms with Crippen molar-refractivity contribution in [1.82, 2.24) is 15.0 Å². The highest BCUT2D eigenvalue weighted by molar-refractivity contribution is 5.87. The second kappa shape index (κ2) is 8.07. The molecule has 0 saturated heterocycles. The van der Waals surface area contributed by atoms with Crippen LogP contribution in [-0.4, -0.2) is 38.3 Å². The van der Waals surface area contributed by atoms with Gasteiger partial charge in [-0.05, 0) is 68.5 Å². The maximum absolute atomic E-state index is 12.3. The molecule has 1 aromatic heterocycles. The number of hydrogen-bond donors (Lipinski definition) is 2. The molecule has 0 radical (unpaired) electrons. The summed E-state index contributed by atoms with van der Waals surface area (Å²) in [4.78, 5) is 12.3. The summed E-state index contributed by atoms with van der Waals surface area (Å²) < 4.78 is 7.43. The van der Waals surface area contributed by atoms with Gasteiger partial charge in [0.15, 0.2) is 0 Å². The molecule has 0 spiro atoms. The van der Waals surface area contributed by atoms with E-state index in [-0.39, 0.29) is 6.61 Å². The van der Waals surface area contributed by atoms with E-state index in [4.69, 9.17) is 4.74 Å². The minimum Gasteiger partial charge on any atom is -0.494 e. The minimum absolute atomic E-state index is 0.105. The van der Waals surface area contributed by atoms with Crippen LogP contribution in [0.4, 0.5) is 0 Å². The van der Waals surface area contributed by atoms with Crippen molar-refractivity contribution < 1.29 is 19.7 Å². The van der Waals surface area contributed by atoms with Crippen molar-refractivity contribution in [3.8, 4) is 5.75 Å². The fourth-order valence-corrected chi connectivity index (χ4v) is 4.09. The smallest absolute Gasteiger partial charge is 0.310 e. The van der Waals surface area contributed by atoms with Gasteiger partial charge in [0.25, 0.3) is 0 Å². The second-order valence-corrected chi connectivity index (χ2v) is 8.20. The largest absolute Gasteiger partial charge is 0.494 e. The van der Waals surface area contributed by atoms with Gasteiger partial charge in [-0.3, -0.25) is 4.79 Å². The van der Waals surface area contributed by atoms with Gasteiger partial charge in [-0.2, -0.15) is 0 Å². The number of hydrogen-bond acceptors (Lipinski definition) is 5. The highest BCUT2D eigenvalue weighted by Gasteiger charge is 2.40. The summed E-state index contributed by atoms with van der Waals surface area (Å²) in [6.07, 6.45) is 0. The van der Waals surface area contributed by atoms with Crippen LogP contribution in [0, 0.1) is 19.3 Å². The van der Waals surface area contributed by atoms with E-state index in [0.717, 1.165) is 33.3 Å². The van der Waals surface area contributed by atoms with E-state index in [2.05, 4.69) is 10.3 Å². The Bertz CT molecular complexity index is 1100. The molecule has 0 saturated carbocycles. The van der Waals surface area contributed by atoms with Crippen molar-refractivity contribution in [2.24, 2.45) is 5.41 Å². The van der Waals surface area contributed by atoms with Crippen LogP contribution < -0.4 is 4.74 Å². The Morgan fingerprint density at radius 2 is 1.97 bits per heavy atom. The number of aliphatic hydroxyl groups excluding tert-OH is 1. The van der Waals surface area contributed by atoms with Crippen molar-refractivity contribution in [2.75, 3.05) is 7.11 Å². The summed E-state index contributed by atoms with van der Waals surface area (Å²) in [5.74, 6) is -0.779. The Morgan fingerprint density at radius 1 is 1.27 bits per heavy atom. The van der Waals surface area contributed by atoms with Gasteiger partial charge in [-0.25, -0.2) is 4.68 Å². The number of methoxy groups -OCH3 is 1. The van der Waals surface area contributed by atoms with Crippen LogP contribution in [0.15, 0.2) is 24.3 Å². The SMILES string of the molecule is CCn1nnc2c(C)c([C@@H](c3ccc(C)c(CO)c3)C(C)(C)C(=O)O)cc(OC)c21. The fourth-order valence-electron chi connectivity index (χ4n) is 4.09. The van der Waals surface area contributed by atoms with E-state index in [1.54, 1.807) is 25.6 Å². The third kappa shape index (κ3) is 3.43. The number of aliphatic hydroxyl groups is 1. The Balaban J connectivity index is 2.36. The van der Waals surface area contributed by atoms with Crippen molar-refractivity contribution in [1.29, 1.82) is 0 Å². The molecule has 1 atom stereocenters. The number of benzene rings is 2. The zero-order valence-corrected chi connectivity index (χ0v) is 18.4. The lowest BCUT2D eigenvalue weighted by molar-refractivity contribution is -0.147. The van der Waals surface area contributed by atoms with Crippen molar-refractivity contribution in [2.45, 2.75) is 53.7 Å². The Labute approximate surface area is 176 Å². The van der Waals surface area contributed by atoms with Crippen LogP contribution in [0.25, 0.3) is 11.0 Å². The van der Waals surface area contributed by atoms with Crippen LogP contribution in [-0.2, 0) is 17.9 Å². The number of carboxylic acid groups (broad SMARTS) is 1. The molecule has 0 unspecified atom stereocenters. The Hall–Kier alpha value is -2.93. The molecule has 0 bridgehead atoms. The number of rotatable bonds is 7. The Kier molecular flexibility index (Phi) is 5.85. The Morgan fingerprint density at radius 3 is 2.53 bits per heavy atom. The first-order valence-electron chi connectivity index (χ1n) is 10.0. The summed E-state index contributed by atoms with van der Waals surface area (Å²) in [6, 6.07) is 7.65. The summed E-state index contributed by atoms with van der Waals surface area (Å²) in [5, 5.41) is 28.4. The van der Waals surface area contributed by atoms with Crippen molar-refractivity contribution in [3.63, 3.8) is 0 Å². The molecule has 0 amide bonds. The van der Waals surface area contributed by atoms with Gasteiger partial charge in [0.2, 0.25) is 0 Å². The van der Waals surface area contributed by atoms with E-state index < -0.39 is 17.3 Å². The highest BCUT2D eigenvalue weighted by atomic mass is 16.5. The number of aliphatic carboxylic acids is 1. The van der Waals surface area contributed by atoms with E-state index in [9.17, 15) is 15.0 Å². The molecule has 0 aliphatic heterocycles. The molecule has 160 valence electrons. The van der Waals surface area contributed by atoms with E-state index >= 15 is 0 Å². The van der Waals surface area contributed by atoms with Gasteiger partial charge < -0.3 is 14.9 Å². The number of carboxylic acids is 1. The van der Waals surface area contributed by atoms with Crippen LogP contribution in [0.3, 0.4) is 0 Å². The van der Waals surface area contributed by atoms with Gasteiger partial charge in [0.05, 0.1) is 19.1 Å².